The Bertz CT molecular complexity index is 349. The van der Waals surface area contributed by atoms with E-state index in [-0.39, 0.29) is 0 Å². The molecule has 0 heterocycles. The van der Waals surface area contributed by atoms with Crippen LogP contribution in [0.4, 0.5) is 0 Å². The Morgan fingerprint density at radius 2 is 2.00 bits per heavy atom. The van der Waals surface area contributed by atoms with Gasteiger partial charge in [-0.25, -0.2) is 0 Å². The molecule has 0 bridgehead atoms. The Hall–Kier alpha value is -1.02. The minimum atomic E-state index is 0.717. The molecule has 1 N–H and O–H groups in total. The van der Waals surface area contributed by atoms with Crippen molar-refractivity contribution in [1.29, 1.82) is 0 Å². The molecule has 0 saturated heterocycles. The van der Waals surface area contributed by atoms with Crippen LogP contribution in [-0.4, -0.2) is 20.2 Å². The summed E-state index contributed by atoms with van der Waals surface area (Å²) in [5, 5.41) is 3.49. The van der Waals surface area contributed by atoms with Gasteiger partial charge < -0.3 is 10.1 Å². The summed E-state index contributed by atoms with van der Waals surface area (Å²) < 4.78 is 5.30. The third-order valence-corrected chi connectivity index (χ3v) is 3.49. The van der Waals surface area contributed by atoms with Crippen molar-refractivity contribution >= 4 is 0 Å². The number of nitrogens with one attached hydrogen (secondary N) is 1. The molecule has 0 aliphatic carbocycles. The molecule has 0 radical (unpaired) electrons. The highest BCUT2D eigenvalue weighted by molar-refractivity contribution is 5.28. The lowest BCUT2D eigenvalue weighted by Crippen LogP contribution is -2.24. The quantitative estimate of drug-likeness (QED) is 0.729. The van der Waals surface area contributed by atoms with E-state index in [2.05, 4.69) is 44.3 Å². The van der Waals surface area contributed by atoms with E-state index in [1.165, 1.54) is 18.4 Å². The molecule has 0 aromatic heterocycles. The Balaban J connectivity index is 2.58. The third kappa shape index (κ3) is 6.63. The summed E-state index contributed by atoms with van der Waals surface area (Å²) in [5.41, 5.74) is 1.38. The molecule has 1 atom stereocenters. The van der Waals surface area contributed by atoms with Gasteiger partial charge in [0.1, 0.15) is 5.75 Å². The highest BCUT2D eigenvalue weighted by Gasteiger charge is 2.11. The second-order valence-electron chi connectivity index (χ2n) is 5.70. The van der Waals surface area contributed by atoms with Gasteiger partial charge in [-0.2, -0.15) is 0 Å². The maximum Gasteiger partial charge on any atom is 0.119 e. The first-order valence-corrected chi connectivity index (χ1v) is 7.49. The Morgan fingerprint density at radius 3 is 2.63 bits per heavy atom. The van der Waals surface area contributed by atoms with Crippen molar-refractivity contribution in [1.82, 2.24) is 5.32 Å². The van der Waals surface area contributed by atoms with Crippen LogP contribution >= 0.6 is 0 Å². The summed E-state index contributed by atoms with van der Waals surface area (Å²) in [4.78, 5) is 0. The van der Waals surface area contributed by atoms with Crippen molar-refractivity contribution < 1.29 is 4.74 Å². The molecule has 2 heteroatoms. The molecular formula is C17H29NO. The molecule has 0 fully saturated rings. The largest absolute Gasteiger partial charge is 0.497 e. The maximum atomic E-state index is 5.30. The van der Waals surface area contributed by atoms with Crippen LogP contribution in [0, 0.1) is 11.8 Å². The van der Waals surface area contributed by atoms with Gasteiger partial charge in [0, 0.05) is 0 Å². The second kappa shape index (κ2) is 8.98. The smallest absolute Gasteiger partial charge is 0.119 e. The number of ether oxygens (including phenoxy) is 1. The summed E-state index contributed by atoms with van der Waals surface area (Å²) in [7, 11) is 1.73. The van der Waals surface area contributed by atoms with E-state index in [1.54, 1.807) is 7.11 Å². The van der Waals surface area contributed by atoms with Crippen molar-refractivity contribution in [2.24, 2.45) is 11.8 Å². The van der Waals surface area contributed by atoms with Gasteiger partial charge in [0.2, 0.25) is 0 Å². The van der Waals surface area contributed by atoms with Crippen LogP contribution in [0.2, 0.25) is 0 Å². The predicted octanol–water partition coefficient (Wildman–Crippen LogP) is 3.90. The van der Waals surface area contributed by atoms with Crippen molar-refractivity contribution in [3.63, 3.8) is 0 Å². The summed E-state index contributed by atoms with van der Waals surface area (Å²) in [6.07, 6.45) is 3.73. The first-order chi connectivity index (χ1) is 9.15. The third-order valence-electron chi connectivity index (χ3n) is 3.49. The molecule has 1 aromatic carbocycles. The SMILES string of the molecule is CCNCC(CCC(C)C)Cc1cccc(OC)c1. The number of methoxy groups -OCH3 is 1. The molecule has 108 valence electrons. The van der Waals surface area contributed by atoms with Gasteiger partial charge in [-0.1, -0.05) is 39.3 Å². The van der Waals surface area contributed by atoms with Crippen molar-refractivity contribution in [3.05, 3.63) is 29.8 Å². The second-order valence-corrected chi connectivity index (χ2v) is 5.70. The first kappa shape index (κ1) is 16.0. The Labute approximate surface area is 118 Å². The van der Waals surface area contributed by atoms with Gasteiger partial charge in [0.25, 0.3) is 0 Å². The van der Waals surface area contributed by atoms with E-state index in [1.807, 2.05) is 6.07 Å². The lowest BCUT2D eigenvalue weighted by Gasteiger charge is -2.19. The molecule has 19 heavy (non-hydrogen) atoms. The molecular weight excluding hydrogens is 234 g/mol. The van der Waals surface area contributed by atoms with Gasteiger partial charge in [-0.05, 0) is 55.5 Å². The number of hydrogen-bond donors (Lipinski definition) is 1. The number of benzene rings is 1. The van der Waals surface area contributed by atoms with Crippen LogP contribution in [0.3, 0.4) is 0 Å². The Kier molecular flexibility index (Phi) is 7.57. The Morgan fingerprint density at radius 1 is 1.21 bits per heavy atom. The molecule has 1 aromatic rings. The molecule has 0 saturated carbocycles. The molecule has 0 amide bonds. The average Bonchev–Trinajstić information content (AvgIpc) is 2.42. The van der Waals surface area contributed by atoms with E-state index in [0.717, 1.165) is 37.1 Å². The molecule has 1 rings (SSSR count). The van der Waals surface area contributed by atoms with Gasteiger partial charge in [-0.15, -0.1) is 0 Å². The average molecular weight is 263 g/mol. The normalized spacial score (nSPS) is 12.7. The highest BCUT2D eigenvalue weighted by atomic mass is 16.5. The summed E-state index contributed by atoms with van der Waals surface area (Å²) in [6, 6.07) is 8.46. The number of rotatable bonds is 9. The monoisotopic (exact) mass is 263 g/mol. The van der Waals surface area contributed by atoms with E-state index >= 15 is 0 Å². The summed E-state index contributed by atoms with van der Waals surface area (Å²) in [5.74, 6) is 2.47. The van der Waals surface area contributed by atoms with Crippen LogP contribution in [0.25, 0.3) is 0 Å². The fourth-order valence-corrected chi connectivity index (χ4v) is 2.33. The van der Waals surface area contributed by atoms with E-state index in [9.17, 15) is 0 Å². The zero-order chi connectivity index (χ0) is 14.1. The topological polar surface area (TPSA) is 21.3 Å². The van der Waals surface area contributed by atoms with Crippen LogP contribution in [-0.2, 0) is 6.42 Å². The fraction of sp³-hybridized carbons (Fsp3) is 0.647. The van der Waals surface area contributed by atoms with Crippen molar-refractivity contribution in [2.45, 2.75) is 40.0 Å². The van der Waals surface area contributed by atoms with E-state index in [4.69, 9.17) is 4.74 Å². The zero-order valence-corrected chi connectivity index (χ0v) is 12.9. The highest BCUT2D eigenvalue weighted by Crippen LogP contribution is 2.20. The zero-order valence-electron chi connectivity index (χ0n) is 12.9. The van der Waals surface area contributed by atoms with Crippen LogP contribution in [0.5, 0.6) is 5.75 Å². The van der Waals surface area contributed by atoms with E-state index < -0.39 is 0 Å². The molecule has 0 aliphatic rings. The van der Waals surface area contributed by atoms with Gasteiger partial charge in [0.05, 0.1) is 7.11 Å². The number of hydrogen-bond acceptors (Lipinski definition) is 2. The minimum Gasteiger partial charge on any atom is -0.497 e. The lowest BCUT2D eigenvalue weighted by atomic mass is 9.91. The fourth-order valence-electron chi connectivity index (χ4n) is 2.33. The van der Waals surface area contributed by atoms with Crippen LogP contribution in [0.1, 0.15) is 39.2 Å². The van der Waals surface area contributed by atoms with Crippen LogP contribution in [0.15, 0.2) is 24.3 Å². The van der Waals surface area contributed by atoms with Crippen LogP contribution < -0.4 is 10.1 Å². The lowest BCUT2D eigenvalue weighted by molar-refractivity contribution is 0.398. The van der Waals surface area contributed by atoms with Gasteiger partial charge in [-0.3, -0.25) is 0 Å². The molecule has 1 unspecified atom stereocenters. The maximum absolute atomic E-state index is 5.30. The standard InChI is InChI=1S/C17H29NO/c1-5-18-13-16(10-9-14(2)3)11-15-7-6-8-17(12-15)19-4/h6-8,12,14,16,18H,5,9-11,13H2,1-4H3. The molecule has 0 spiro atoms. The van der Waals surface area contributed by atoms with E-state index in [0.29, 0.717) is 0 Å². The van der Waals surface area contributed by atoms with Gasteiger partial charge >= 0.3 is 0 Å². The predicted molar refractivity (Wildman–Crippen MR) is 82.8 cm³/mol. The molecule has 2 nitrogen and oxygen atoms in total. The van der Waals surface area contributed by atoms with Crippen molar-refractivity contribution in [3.8, 4) is 5.75 Å². The summed E-state index contributed by atoms with van der Waals surface area (Å²) >= 11 is 0. The minimum absolute atomic E-state index is 0.717. The van der Waals surface area contributed by atoms with Crippen molar-refractivity contribution in [2.75, 3.05) is 20.2 Å². The summed E-state index contributed by atoms with van der Waals surface area (Å²) in [6.45, 7) is 8.94. The first-order valence-electron chi connectivity index (χ1n) is 7.49. The molecule has 0 aliphatic heterocycles. The van der Waals surface area contributed by atoms with Gasteiger partial charge in [0.15, 0.2) is 0 Å².